The molecule has 4 rings (SSSR count). The molecule has 150 valence electrons. The van der Waals surface area contributed by atoms with Crippen molar-refractivity contribution in [3.8, 4) is 0 Å². The highest BCUT2D eigenvalue weighted by atomic mass is 16.2. The molecule has 0 saturated carbocycles. The molecule has 0 aliphatic heterocycles. The molecule has 0 aliphatic rings. The van der Waals surface area contributed by atoms with Crippen LogP contribution in [-0.4, -0.2) is 26.3 Å². The van der Waals surface area contributed by atoms with Crippen molar-refractivity contribution in [1.29, 1.82) is 0 Å². The van der Waals surface area contributed by atoms with Gasteiger partial charge in [0.1, 0.15) is 17.2 Å². The number of anilines is 4. The molecule has 0 radical (unpaired) electrons. The molecule has 0 unspecified atom stereocenters. The van der Waals surface area contributed by atoms with E-state index < -0.39 is 5.91 Å². The summed E-state index contributed by atoms with van der Waals surface area (Å²) < 4.78 is 1.72. The highest BCUT2D eigenvalue weighted by Gasteiger charge is 2.18. The number of hydrogen-bond acceptors (Lipinski definition) is 5. The second-order valence-corrected chi connectivity index (χ2v) is 6.52. The molecule has 30 heavy (non-hydrogen) atoms. The lowest BCUT2D eigenvalue weighted by atomic mass is 10.2. The highest BCUT2D eigenvalue weighted by Crippen LogP contribution is 2.20. The Morgan fingerprint density at radius 2 is 1.50 bits per heavy atom. The van der Waals surface area contributed by atoms with Crippen molar-refractivity contribution >= 4 is 40.3 Å². The van der Waals surface area contributed by atoms with Gasteiger partial charge < -0.3 is 21.7 Å². The van der Waals surface area contributed by atoms with Gasteiger partial charge in [-0.05, 0) is 43.3 Å². The number of nitrogens with one attached hydrogen (secondary N) is 3. The summed E-state index contributed by atoms with van der Waals surface area (Å²) >= 11 is 0. The number of aromatic nitrogens is 3. The van der Waals surface area contributed by atoms with E-state index in [1.165, 1.54) is 0 Å². The van der Waals surface area contributed by atoms with E-state index in [9.17, 15) is 9.59 Å². The Balaban J connectivity index is 1.44. The zero-order chi connectivity index (χ0) is 21.1. The normalized spacial score (nSPS) is 10.6. The molecule has 0 fully saturated rings. The number of hydrogen-bond donors (Lipinski definition) is 4. The van der Waals surface area contributed by atoms with Gasteiger partial charge in [-0.1, -0.05) is 18.2 Å². The number of imidazole rings is 1. The molecule has 0 spiro atoms. The summed E-state index contributed by atoms with van der Waals surface area (Å²) in [5.41, 5.74) is 8.41. The summed E-state index contributed by atoms with van der Waals surface area (Å²) in [6.07, 6.45) is 3.25. The average molecular weight is 401 g/mol. The fourth-order valence-corrected chi connectivity index (χ4v) is 3.01. The van der Waals surface area contributed by atoms with Crippen LogP contribution in [-0.2, 0) is 0 Å². The number of amides is 3. The summed E-state index contributed by atoms with van der Waals surface area (Å²) in [4.78, 5) is 33.1. The lowest BCUT2D eigenvalue weighted by molar-refractivity contribution is 0.102. The first kappa shape index (κ1) is 18.9. The minimum atomic E-state index is -0.400. The summed E-state index contributed by atoms with van der Waals surface area (Å²) in [6, 6.07) is 15.5. The monoisotopic (exact) mass is 401 g/mol. The first-order valence-electron chi connectivity index (χ1n) is 9.15. The van der Waals surface area contributed by atoms with Gasteiger partial charge in [0.25, 0.3) is 5.91 Å². The molecule has 2 aromatic carbocycles. The van der Waals surface area contributed by atoms with Gasteiger partial charge >= 0.3 is 6.03 Å². The predicted molar refractivity (Wildman–Crippen MR) is 116 cm³/mol. The molecule has 0 bridgehead atoms. The minimum Gasteiger partial charge on any atom is -0.382 e. The molecular formula is C21H19N7O2. The third-order valence-electron chi connectivity index (χ3n) is 4.41. The largest absolute Gasteiger partial charge is 0.382 e. The number of nitrogens with two attached hydrogens (primary N) is 1. The number of fused-ring (bicyclic) bond motifs is 1. The van der Waals surface area contributed by atoms with Crippen molar-refractivity contribution in [1.82, 2.24) is 14.4 Å². The summed E-state index contributed by atoms with van der Waals surface area (Å²) in [6.45, 7) is 1.78. The number of urea groups is 1. The Hall–Kier alpha value is -4.40. The third kappa shape index (κ3) is 3.90. The molecule has 9 heteroatoms. The Bertz CT molecular complexity index is 1220. The lowest BCUT2D eigenvalue weighted by Gasteiger charge is -2.09. The van der Waals surface area contributed by atoms with Crippen molar-refractivity contribution in [3.05, 3.63) is 78.5 Å². The zero-order valence-corrected chi connectivity index (χ0v) is 16.1. The van der Waals surface area contributed by atoms with Crippen molar-refractivity contribution in [2.24, 2.45) is 0 Å². The zero-order valence-electron chi connectivity index (χ0n) is 16.1. The van der Waals surface area contributed by atoms with Crippen LogP contribution in [0.15, 0.2) is 67.0 Å². The first-order valence-corrected chi connectivity index (χ1v) is 9.15. The molecule has 0 atom stereocenters. The SMILES string of the molecule is Cc1nc(C(=O)Nc2ccc(NC(=O)Nc3ccccc3)cc2)c2c(N)nccn12. The molecule has 5 N–H and O–H groups in total. The van der Waals surface area contributed by atoms with Crippen LogP contribution in [0.5, 0.6) is 0 Å². The van der Waals surface area contributed by atoms with Gasteiger partial charge in [-0.25, -0.2) is 14.8 Å². The van der Waals surface area contributed by atoms with E-state index in [4.69, 9.17) is 5.73 Å². The molecule has 0 aliphatic carbocycles. The maximum atomic E-state index is 12.7. The number of rotatable bonds is 4. The second-order valence-electron chi connectivity index (χ2n) is 6.52. The number of nitrogens with zero attached hydrogens (tertiary/aromatic N) is 3. The van der Waals surface area contributed by atoms with Crippen LogP contribution in [0.25, 0.3) is 5.52 Å². The van der Waals surface area contributed by atoms with Gasteiger partial charge in [0, 0.05) is 29.5 Å². The van der Waals surface area contributed by atoms with E-state index in [-0.39, 0.29) is 17.5 Å². The fraction of sp³-hybridized carbons (Fsp3) is 0.0476. The number of nitrogen functional groups attached to an aromatic ring is 1. The van der Waals surface area contributed by atoms with Gasteiger partial charge in [0.2, 0.25) is 0 Å². The van der Waals surface area contributed by atoms with Crippen LogP contribution in [0.3, 0.4) is 0 Å². The Kier molecular flexibility index (Phi) is 5.00. The number of carbonyl (C=O) groups is 2. The van der Waals surface area contributed by atoms with E-state index in [2.05, 4.69) is 25.9 Å². The third-order valence-corrected chi connectivity index (χ3v) is 4.41. The molecule has 0 saturated heterocycles. The smallest absolute Gasteiger partial charge is 0.323 e. The van der Waals surface area contributed by atoms with E-state index >= 15 is 0 Å². The summed E-state index contributed by atoms with van der Waals surface area (Å²) in [5.74, 6) is 0.461. The Morgan fingerprint density at radius 1 is 0.900 bits per heavy atom. The molecule has 2 heterocycles. The van der Waals surface area contributed by atoms with Crippen molar-refractivity contribution < 1.29 is 9.59 Å². The standard InChI is InChI=1S/C21H19N7O2/c1-13-24-17(18-19(22)23-11-12-28(13)18)20(29)25-15-7-9-16(10-8-15)27-21(30)26-14-5-3-2-4-6-14/h2-12H,1H3,(H2,22,23)(H,25,29)(H2,26,27,30). The van der Waals surface area contributed by atoms with Crippen LogP contribution in [0.1, 0.15) is 16.3 Å². The minimum absolute atomic E-state index is 0.197. The number of aryl methyl sites for hydroxylation is 1. The maximum Gasteiger partial charge on any atom is 0.323 e. The first-order chi connectivity index (χ1) is 14.5. The number of carbonyl (C=O) groups excluding carboxylic acids is 2. The molecule has 4 aromatic rings. The van der Waals surface area contributed by atoms with Gasteiger partial charge in [-0.3, -0.25) is 9.20 Å². The molecule has 3 amide bonds. The molecular weight excluding hydrogens is 382 g/mol. The highest BCUT2D eigenvalue weighted by molar-refractivity contribution is 6.09. The van der Waals surface area contributed by atoms with Crippen molar-refractivity contribution in [2.75, 3.05) is 21.7 Å². The van der Waals surface area contributed by atoms with Crippen LogP contribution in [0.2, 0.25) is 0 Å². The Labute approximate surface area is 172 Å². The Morgan fingerprint density at radius 3 is 2.17 bits per heavy atom. The van der Waals surface area contributed by atoms with Crippen molar-refractivity contribution in [2.45, 2.75) is 6.92 Å². The summed E-state index contributed by atoms with van der Waals surface area (Å²) in [7, 11) is 0. The lowest BCUT2D eigenvalue weighted by Crippen LogP contribution is -2.19. The van der Waals surface area contributed by atoms with Crippen LogP contribution >= 0.6 is 0 Å². The molecule has 9 nitrogen and oxygen atoms in total. The fourth-order valence-electron chi connectivity index (χ4n) is 3.01. The summed E-state index contributed by atoms with van der Waals surface area (Å²) in [5, 5.41) is 8.25. The van der Waals surface area contributed by atoms with Gasteiger partial charge in [-0.15, -0.1) is 0 Å². The predicted octanol–water partition coefficient (Wildman–Crippen LogP) is 3.52. The van der Waals surface area contributed by atoms with Crippen molar-refractivity contribution in [3.63, 3.8) is 0 Å². The number of para-hydroxylation sites is 1. The van der Waals surface area contributed by atoms with Crippen LogP contribution < -0.4 is 21.7 Å². The van der Waals surface area contributed by atoms with Crippen LogP contribution in [0, 0.1) is 6.92 Å². The van der Waals surface area contributed by atoms with E-state index in [0.717, 1.165) is 0 Å². The molecule has 2 aromatic heterocycles. The second kappa shape index (κ2) is 7.92. The van der Waals surface area contributed by atoms with Gasteiger partial charge in [0.05, 0.1) is 0 Å². The van der Waals surface area contributed by atoms with E-state index in [1.54, 1.807) is 60.1 Å². The maximum absolute atomic E-state index is 12.7. The topological polar surface area (TPSA) is 126 Å². The van der Waals surface area contributed by atoms with Gasteiger partial charge in [-0.2, -0.15) is 0 Å². The quantitative estimate of drug-likeness (QED) is 0.416. The van der Waals surface area contributed by atoms with Gasteiger partial charge in [0.15, 0.2) is 5.69 Å². The van der Waals surface area contributed by atoms with E-state index in [0.29, 0.717) is 28.4 Å². The average Bonchev–Trinajstić information content (AvgIpc) is 3.08. The number of benzene rings is 2. The van der Waals surface area contributed by atoms with E-state index in [1.807, 2.05) is 18.2 Å². The van der Waals surface area contributed by atoms with Crippen LogP contribution in [0.4, 0.5) is 27.7 Å².